The number of halogens is 2. The highest BCUT2D eigenvalue weighted by Crippen LogP contribution is 2.23. The molecule has 1 atom stereocenters. The second kappa shape index (κ2) is 25.7. The summed E-state index contributed by atoms with van der Waals surface area (Å²) in [6.45, 7) is 7.22. The van der Waals surface area contributed by atoms with Crippen molar-refractivity contribution in [3.05, 3.63) is 87.8 Å². The number of pyridine rings is 1. The Hall–Kier alpha value is -2.03. The van der Waals surface area contributed by atoms with Gasteiger partial charge in [0.2, 0.25) is 5.24 Å². The van der Waals surface area contributed by atoms with Gasteiger partial charge in [0, 0.05) is 143 Å². The fraction of sp³-hybridized carbons (Fsp3) is 0.321. The maximum Gasteiger partial charge on any atom is 0.412 e. The van der Waals surface area contributed by atoms with E-state index in [0.29, 0.717) is 11.5 Å². The van der Waals surface area contributed by atoms with Gasteiger partial charge in [-0.2, -0.15) is 0 Å². The molecule has 1 heterocycles. The quantitative estimate of drug-likeness (QED) is 0.118. The molecule has 0 aliphatic rings. The summed E-state index contributed by atoms with van der Waals surface area (Å²) in [6.07, 6.45) is -7.85. The summed E-state index contributed by atoms with van der Waals surface area (Å²) < 4.78 is 12.4. The van der Waals surface area contributed by atoms with E-state index in [1.807, 2.05) is 68.7 Å². The van der Waals surface area contributed by atoms with Crippen LogP contribution in [0.5, 0.6) is 11.5 Å². The van der Waals surface area contributed by atoms with Gasteiger partial charge >= 0.3 is 6.09 Å². The van der Waals surface area contributed by atoms with E-state index in [-0.39, 0.29) is 28.7 Å². The Balaban J connectivity index is 0.000000517. The number of hydrogen-bond donors (Lipinski definition) is 1. The average Bonchev–Trinajstić information content (AvgIpc) is 3.10. The van der Waals surface area contributed by atoms with Gasteiger partial charge in [-0.1, -0.05) is 41.9 Å². The van der Waals surface area contributed by atoms with Crippen LogP contribution in [0.25, 0.3) is 0 Å². The van der Waals surface area contributed by atoms with E-state index in [4.69, 9.17) is 118 Å². The second-order valence-corrected chi connectivity index (χ2v) is 15.6. The number of para-hydroxylation sites is 1. The van der Waals surface area contributed by atoms with Crippen LogP contribution < -0.4 is 15.6 Å². The number of hydrogen-bond acceptors (Lipinski definition) is 6. The Morgan fingerprint density at radius 1 is 0.759 bits per heavy atom. The fourth-order valence-corrected chi connectivity index (χ4v) is 5.89. The van der Waals surface area contributed by atoms with Crippen LogP contribution in [0.2, 0.25) is 5.15 Å². The maximum absolute atomic E-state index is 12.8. The SMILES string of the molecule is CC(C)(C)OC(=O)Nc1ccc(Cl)n(Cc2cccc(Oc3ccccc3)c2)c1=O.C[C@@H](C(=O)Cl)N(C)C.[B]B([B])B([B])B(B(B([B])[B])B([B])[B])B(B([B])[B])B([B])[B]. The molecule has 0 spiro atoms. The van der Waals surface area contributed by atoms with Crippen molar-refractivity contribution in [2.24, 2.45) is 0 Å². The molecule has 0 aliphatic carbocycles. The number of benzene rings is 2. The zero-order chi connectivity index (χ0) is 44.7. The first-order valence-electron chi connectivity index (χ1n) is 18.2. The van der Waals surface area contributed by atoms with Crippen molar-refractivity contribution in [3.8, 4) is 11.5 Å². The van der Waals surface area contributed by atoms with Crippen LogP contribution in [0.3, 0.4) is 0 Å². The molecule has 0 saturated carbocycles. The fourth-order valence-electron chi connectivity index (χ4n) is 5.50. The number of likely N-dealkylation sites (N-methyl/N-ethyl adjacent to an activating group) is 1. The highest BCUT2D eigenvalue weighted by atomic mass is 35.5. The lowest BCUT2D eigenvalue weighted by atomic mass is 8.39. The van der Waals surface area contributed by atoms with Crippen LogP contribution >= 0.6 is 23.2 Å². The molecule has 0 saturated heterocycles. The topological polar surface area (TPSA) is 89.9 Å². The van der Waals surface area contributed by atoms with Gasteiger partial charge in [-0.25, -0.2) is 4.79 Å². The highest BCUT2D eigenvalue weighted by molar-refractivity contribution is 8.19. The van der Waals surface area contributed by atoms with Gasteiger partial charge in [-0.15, -0.1) is 0 Å². The van der Waals surface area contributed by atoms with Crippen molar-refractivity contribution in [1.82, 2.24) is 9.47 Å². The van der Waals surface area contributed by atoms with Crippen molar-refractivity contribution in [2.45, 2.75) is 45.9 Å². The van der Waals surface area contributed by atoms with Crippen LogP contribution in [0.4, 0.5) is 10.5 Å². The summed E-state index contributed by atoms with van der Waals surface area (Å²) in [5.74, 6) is 1.36. The van der Waals surface area contributed by atoms with E-state index >= 15 is 0 Å². The van der Waals surface area contributed by atoms with Crippen LogP contribution in [-0.4, -0.2) is 189 Å². The summed E-state index contributed by atoms with van der Waals surface area (Å²) in [6, 6.07) is 19.6. The van der Waals surface area contributed by atoms with Gasteiger partial charge in [0.05, 0.1) is 12.6 Å². The highest BCUT2D eigenvalue weighted by Gasteiger charge is 2.44. The number of carbonyl (C=O) groups is 2. The number of nitrogens with one attached hydrogen (secondary N) is 1. The van der Waals surface area contributed by atoms with Gasteiger partial charge in [0.25, 0.3) is 5.56 Å². The third kappa shape index (κ3) is 18.7. The smallest absolute Gasteiger partial charge is 0.412 e. The Bertz CT molecular complexity index is 1740. The van der Waals surface area contributed by atoms with Gasteiger partial charge in [0.1, 0.15) is 27.9 Å². The third-order valence-corrected chi connectivity index (χ3v) is 9.28. The Morgan fingerprint density at radius 2 is 1.26 bits per heavy atom. The minimum Gasteiger partial charge on any atom is -0.457 e. The van der Waals surface area contributed by atoms with Crippen LogP contribution in [0, 0.1) is 0 Å². The first-order chi connectivity index (χ1) is 26.8. The van der Waals surface area contributed by atoms with Crippen molar-refractivity contribution in [1.29, 1.82) is 0 Å². The number of aromatic nitrogens is 1. The van der Waals surface area contributed by atoms with Crippen molar-refractivity contribution in [2.75, 3.05) is 19.4 Å². The Morgan fingerprint density at radius 3 is 1.67 bits per heavy atom. The van der Waals surface area contributed by atoms with Gasteiger partial charge in [0.15, 0.2) is 0 Å². The molecule has 58 heavy (non-hydrogen) atoms. The van der Waals surface area contributed by atoms with Crippen LogP contribution in [0.15, 0.2) is 71.5 Å². The van der Waals surface area contributed by atoms with Crippen molar-refractivity contribution >= 4 is 183 Å². The second-order valence-electron chi connectivity index (χ2n) is 14.8. The number of anilines is 1. The van der Waals surface area contributed by atoms with E-state index < -0.39 is 74.7 Å². The summed E-state index contributed by atoms with van der Waals surface area (Å²) >= 11 is 11.4. The lowest BCUT2D eigenvalue weighted by Crippen LogP contribution is -2.80. The molecule has 1 aromatic heterocycles. The van der Waals surface area contributed by atoms with E-state index in [0.717, 1.165) is 5.56 Å². The molecule has 22 radical (unpaired) electrons. The minimum atomic E-state index is -0.889. The van der Waals surface area contributed by atoms with E-state index in [9.17, 15) is 14.4 Å². The molecule has 30 heteroatoms. The van der Waals surface area contributed by atoms with Crippen molar-refractivity contribution in [3.63, 3.8) is 0 Å². The van der Waals surface area contributed by atoms with Crippen LogP contribution in [0.1, 0.15) is 33.3 Å². The molecule has 8 nitrogen and oxygen atoms in total. The van der Waals surface area contributed by atoms with E-state index in [2.05, 4.69) is 5.32 Å². The zero-order valence-electron chi connectivity index (χ0n) is 33.9. The van der Waals surface area contributed by atoms with Gasteiger partial charge in [-0.3, -0.25) is 24.4 Å². The molecular formula is C28H33B20Cl2N3O5. The van der Waals surface area contributed by atoms with Crippen molar-refractivity contribution < 1.29 is 19.1 Å². The standard InChI is InChI=1S/C23H23ClN2O4.C5H10ClNO.B20/c1-23(2,3)30-22(28)25-19-12-13-20(24)26(21(19)27)15-16-8-7-11-18(14-16)29-17-9-5-4-6-10-17;1-4(5(6)8)7(2)3;1-12(2)17(11)20(18(13(3)4)14(5)6)19(15(7)8)16(9)10/h4-14H,15H2,1-3H3,(H,25,28);4H,1-3H3;/t;4-;/m.0./s1. The molecule has 3 aromatic rings. The third-order valence-electron chi connectivity index (χ3n) is 8.63. The first kappa shape index (κ1) is 54.0. The minimum absolute atomic E-state index is 0.0883. The molecule has 264 valence electrons. The monoisotopic (exact) mass is 781 g/mol. The summed E-state index contributed by atoms with van der Waals surface area (Å²) in [5, 5.41) is 2.43. The summed E-state index contributed by atoms with van der Waals surface area (Å²) in [5.41, 5.74) is -0.190. The van der Waals surface area contributed by atoms with Gasteiger partial charge in [-0.05, 0) is 95.4 Å². The Labute approximate surface area is 373 Å². The lowest BCUT2D eigenvalue weighted by molar-refractivity contribution is -0.115. The predicted octanol–water partition coefficient (Wildman–Crippen LogP) is -1.22. The molecule has 0 aliphatic heterocycles. The zero-order valence-corrected chi connectivity index (χ0v) is 35.4. The van der Waals surface area contributed by atoms with E-state index in [1.165, 1.54) is 10.6 Å². The largest absolute Gasteiger partial charge is 0.457 e. The first-order valence-corrected chi connectivity index (χ1v) is 18.9. The predicted molar refractivity (Wildman–Crippen MR) is 267 cm³/mol. The van der Waals surface area contributed by atoms with E-state index in [1.54, 1.807) is 38.7 Å². The van der Waals surface area contributed by atoms with Crippen LogP contribution in [-0.2, 0) is 16.1 Å². The molecule has 0 fully saturated rings. The number of amides is 1. The molecule has 0 bridgehead atoms. The number of ether oxygens (including phenoxy) is 2. The normalized spacial score (nSPS) is 10.8. The molecule has 1 amide bonds. The number of carbonyl (C=O) groups excluding carboxylic acids is 2. The molecular weight excluding hydrogens is 745 g/mol. The molecule has 0 unspecified atom stereocenters. The summed E-state index contributed by atoms with van der Waals surface area (Å²) in [4.78, 5) is 36.9. The molecule has 2 aromatic carbocycles. The van der Waals surface area contributed by atoms with Gasteiger partial charge < -0.3 is 9.47 Å². The average molecular weight is 779 g/mol. The molecule has 3 rings (SSSR count). The number of rotatable bonds is 15. The Kier molecular flexibility index (Phi) is 23.9. The number of nitrogens with zero attached hydrogens (tertiary/aromatic N) is 2. The molecule has 1 N–H and O–H groups in total. The maximum atomic E-state index is 12.8. The lowest BCUT2D eigenvalue weighted by Gasteiger charge is -2.42. The summed E-state index contributed by atoms with van der Waals surface area (Å²) in [7, 11) is 66.8.